The average Bonchev–Trinajstić information content (AvgIpc) is 3.01. The van der Waals surface area contributed by atoms with E-state index in [0.29, 0.717) is 35.0 Å². The Morgan fingerprint density at radius 2 is 1.96 bits per heavy atom. The molecule has 0 spiro atoms. The Morgan fingerprint density at radius 1 is 1.25 bits per heavy atom. The molecule has 0 aliphatic rings. The number of carbonyl (C=O) groups excluding carboxylic acids is 1. The second kappa shape index (κ2) is 6.36. The molecule has 24 heavy (non-hydrogen) atoms. The van der Waals surface area contributed by atoms with Gasteiger partial charge in [0.25, 0.3) is 5.91 Å². The van der Waals surface area contributed by atoms with Gasteiger partial charge in [-0.3, -0.25) is 9.20 Å². The summed E-state index contributed by atoms with van der Waals surface area (Å²) in [5.74, 6) is 0.769. The molecule has 0 aromatic carbocycles. The SMILES string of the molecule is CCN(CC)C(=O)c1c(Cl)c2cccnc2n2c(C(C)C)nnc12. The van der Waals surface area contributed by atoms with E-state index in [0.717, 1.165) is 11.2 Å². The first kappa shape index (κ1) is 16.6. The molecule has 7 heteroatoms. The van der Waals surface area contributed by atoms with Crippen LogP contribution >= 0.6 is 11.6 Å². The Bertz CT molecular complexity index is 914. The van der Waals surface area contributed by atoms with Gasteiger partial charge in [-0.05, 0) is 26.0 Å². The predicted octanol–water partition coefficient (Wildman–Crippen LogP) is 3.54. The van der Waals surface area contributed by atoms with Crippen molar-refractivity contribution in [2.45, 2.75) is 33.6 Å². The molecule has 1 amide bonds. The molecule has 0 atom stereocenters. The molecule has 126 valence electrons. The third-order valence-electron chi connectivity index (χ3n) is 4.15. The number of hydrogen-bond acceptors (Lipinski definition) is 4. The second-order valence-electron chi connectivity index (χ2n) is 5.91. The van der Waals surface area contributed by atoms with E-state index in [1.165, 1.54) is 0 Å². The lowest BCUT2D eigenvalue weighted by Crippen LogP contribution is -2.31. The van der Waals surface area contributed by atoms with Gasteiger partial charge >= 0.3 is 0 Å². The number of pyridine rings is 2. The second-order valence-corrected chi connectivity index (χ2v) is 6.29. The molecular formula is C17H20ClN5O. The minimum atomic E-state index is -0.136. The summed E-state index contributed by atoms with van der Waals surface area (Å²) in [7, 11) is 0. The first-order valence-electron chi connectivity index (χ1n) is 8.11. The van der Waals surface area contributed by atoms with Crippen LogP contribution in [0.15, 0.2) is 18.3 Å². The summed E-state index contributed by atoms with van der Waals surface area (Å²) in [6.07, 6.45) is 1.70. The van der Waals surface area contributed by atoms with Crippen LogP contribution in [0.5, 0.6) is 0 Å². The molecule has 0 N–H and O–H groups in total. The molecule has 0 radical (unpaired) electrons. The number of amides is 1. The topological polar surface area (TPSA) is 63.4 Å². The number of carbonyl (C=O) groups is 1. The van der Waals surface area contributed by atoms with Gasteiger partial charge in [0.1, 0.15) is 17.0 Å². The van der Waals surface area contributed by atoms with Gasteiger partial charge in [0, 0.05) is 30.6 Å². The van der Waals surface area contributed by atoms with Gasteiger partial charge in [0.2, 0.25) is 0 Å². The van der Waals surface area contributed by atoms with E-state index in [9.17, 15) is 4.79 Å². The van der Waals surface area contributed by atoms with Gasteiger partial charge in [-0.1, -0.05) is 25.4 Å². The Morgan fingerprint density at radius 3 is 2.58 bits per heavy atom. The minimum Gasteiger partial charge on any atom is -0.339 e. The lowest BCUT2D eigenvalue weighted by atomic mass is 10.1. The van der Waals surface area contributed by atoms with Crippen LogP contribution in [0.3, 0.4) is 0 Å². The fourth-order valence-electron chi connectivity index (χ4n) is 2.88. The lowest BCUT2D eigenvalue weighted by Gasteiger charge is -2.20. The van der Waals surface area contributed by atoms with Crippen LogP contribution in [0.4, 0.5) is 0 Å². The number of rotatable bonds is 4. The Balaban J connectivity index is 2.44. The van der Waals surface area contributed by atoms with Crippen molar-refractivity contribution in [3.8, 4) is 0 Å². The maximum atomic E-state index is 13.0. The maximum Gasteiger partial charge on any atom is 0.259 e. The van der Waals surface area contributed by atoms with Gasteiger partial charge < -0.3 is 4.90 Å². The van der Waals surface area contributed by atoms with Crippen molar-refractivity contribution >= 4 is 34.2 Å². The van der Waals surface area contributed by atoms with Crippen LogP contribution in [0.25, 0.3) is 16.7 Å². The largest absolute Gasteiger partial charge is 0.339 e. The maximum absolute atomic E-state index is 13.0. The number of nitrogens with zero attached hydrogens (tertiary/aromatic N) is 5. The highest BCUT2D eigenvalue weighted by Gasteiger charge is 2.26. The van der Waals surface area contributed by atoms with Crippen molar-refractivity contribution in [1.29, 1.82) is 0 Å². The highest BCUT2D eigenvalue weighted by Crippen LogP contribution is 2.32. The van der Waals surface area contributed by atoms with E-state index in [1.54, 1.807) is 11.1 Å². The molecule has 3 heterocycles. The van der Waals surface area contributed by atoms with E-state index >= 15 is 0 Å². The summed E-state index contributed by atoms with van der Waals surface area (Å²) in [6.45, 7) is 9.16. The van der Waals surface area contributed by atoms with Gasteiger partial charge in [-0.15, -0.1) is 10.2 Å². The molecule has 0 saturated carbocycles. The third kappa shape index (κ3) is 2.41. The summed E-state index contributed by atoms with van der Waals surface area (Å²) in [5.41, 5.74) is 1.52. The molecular weight excluding hydrogens is 326 g/mol. The normalized spacial score (nSPS) is 11.6. The van der Waals surface area contributed by atoms with Crippen molar-refractivity contribution in [3.63, 3.8) is 0 Å². The lowest BCUT2D eigenvalue weighted by molar-refractivity contribution is 0.0774. The fourth-order valence-corrected chi connectivity index (χ4v) is 3.19. The highest BCUT2D eigenvalue weighted by molar-refractivity contribution is 6.39. The van der Waals surface area contributed by atoms with Crippen LogP contribution in [-0.4, -0.2) is 43.5 Å². The van der Waals surface area contributed by atoms with Gasteiger partial charge in [0.05, 0.1) is 5.02 Å². The molecule has 0 saturated heterocycles. The van der Waals surface area contributed by atoms with E-state index in [-0.39, 0.29) is 11.8 Å². The van der Waals surface area contributed by atoms with Gasteiger partial charge in [-0.25, -0.2) is 4.98 Å². The highest BCUT2D eigenvalue weighted by atomic mass is 35.5. The summed E-state index contributed by atoms with van der Waals surface area (Å²) in [6, 6.07) is 3.68. The molecule has 3 aromatic rings. The first-order chi connectivity index (χ1) is 11.5. The molecule has 0 fully saturated rings. The summed E-state index contributed by atoms with van der Waals surface area (Å²) in [5, 5.41) is 9.65. The van der Waals surface area contributed by atoms with E-state index in [1.807, 2.05) is 44.2 Å². The Hall–Kier alpha value is -2.21. The number of hydrogen-bond donors (Lipinski definition) is 0. The molecule has 0 aliphatic heterocycles. The Kier molecular flexibility index (Phi) is 4.41. The van der Waals surface area contributed by atoms with Gasteiger partial charge in [0.15, 0.2) is 5.65 Å². The molecule has 0 aliphatic carbocycles. The predicted molar refractivity (Wildman–Crippen MR) is 94.6 cm³/mol. The summed E-state index contributed by atoms with van der Waals surface area (Å²) < 4.78 is 1.85. The van der Waals surface area contributed by atoms with E-state index in [2.05, 4.69) is 15.2 Å². The molecule has 6 nitrogen and oxygen atoms in total. The van der Waals surface area contributed by atoms with Crippen molar-refractivity contribution in [3.05, 3.63) is 34.7 Å². The monoisotopic (exact) mass is 345 g/mol. The molecule has 3 rings (SSSR count). The van der Waals surface area contributed by atoms with E-state index in [4.69, 9.17) is 11.6 Å². The molecule has 0 bridgehead atoms. The summed E-state index contributed by atoms with van der Waals surface area (Å²) in [4.78, 5) is 19.2. The Labute approximate surface area is 145 Å². The number of halogens is 1. The fraction of sp³-hybridized carbons (Fsp3) is 0.412. The zero-order chi connectivity index (χ0) is 17.4. The zero-order valence-electron chi connectivity index (χ0n) is 14.2. The molecule has 3 aromatic heterocycles. The zero-order valence-corrected chi connectivity index (χ0v) is 15.0. The van der Waals surface area contributed by atoms with Crippen molar-refractivity contribution in [1.82, 2.24) is 24.5 Å². The van der Waals surface area contributed by atoms with Crippen LogP contribution in [0.2, 0.25) is 5.02 Å². The smallest absolute Gasteiger partial charge is 0.259 e. The quantitative estimate of drug-likeness (QED) is 0.725. The average molecular weight is 346 g/mol. The van der Waals surface area contributed by atoms with Crippen molar-refractivity contribution < 1.29 is 4.79 Å². The standard InChI is InChI=1S/C17H20ClN5O/c1-5-22(6-2)17(24)12-13(18)11-8-7-9-19-15(11)23-14(10(3)4)20-21-16(12)23/h7-10H,5-6H2,1-4H3. The van der Waals surface area contributed by atoms with Crippen molar-refractivity contribution in [2.75, 3.05) is 13.1 Å². The molecule has 0 unspecified atom stereocenters. The van der Waals surface area contributed by atoms with Crippen LogP contribution in [-0.2, 0) is 0 Å². The summed E-state index contributed by atoms with van der Waals surface area (Å²) >= 11 is 6.59. The van der Waals surface area contributed by atoms with Crippen LogP contribution in [0, 0.1) is 0 Å². The third-order valence-corrected chi connectivity index (χ3v) is 4.54. The number of fused-ring (bicyclic) bond motifs is 3. The van der Waals surface area contributed by atoms with Gasteiger partial charge in [-0.2, -0.15) is 0 Å². The number of aromatic nitrogens is 4. The first-order valence-corrected chi connectivity index (χ1v) is 8.49. The van der Waals surface area contributed by atoms with Crippen LogP contribution in [0.1, 0.15) is 49.8 Å². The van der Waals surface area contributed by atoms with Crippen molar-refractivity contribution in [2.24, 2.45) is 0 Å². The van der Waals surface area contributed by atoms with E-state index < -0.39 is 0 Å². The van der Waals surface area contributed by atoms with Crippen LogP contribution < -0.4 is 0 Å². The minimum absolute atomic E-state index is 0.136.